The third kappa shape index (κ3) is 3.53. The Morgan fingerprint density at radius 2 is 2.15 bits per heavy atom. The molecule has 8 nitrogen and oxygen atoms in total. The van der Waals surface area contributed by atoms with E-state index in [1.165, 1.54) is 18.3 Å². The smallest absolute Gasteiger partial charge is 0.244 e. The second-order valence-electron chi connectivity index (χ2n) is 4.03. The third-order valence-corrected chi connectivity index (χ3v) is 4.13. The Morgan fingerprint density at radius 3 is 2.85 bits per heavy atom. The summed E-state index contributed by atoms with van der Waals surface area (Å²) in [6.07, 6.45) is 6.16. The van der Waals surface area contributed by atoms with Crippen molar-refractivity contribution in [2.24, 2.45) is 5.84 Å². The quantitative estimate of drug-likeness (QED) is 0.324. The first-order chi connectivity index (χ1) is 9.63. The Bertz CT molecular complexity index is 641. The summed E-state index contributed by atoms with van der Waals surface area (Å²) < 4.78 is 26.7. The molecule has 108 valence electrons. The highest BCUT2D eigenvalue weighted by Crippen LogP contribution is 2.16. The number of H-pyrrole nitrogens is 1. The van der Waals surface area contributed by atoms with E-state index in [1.807, 2.05) is 0 Å². The first-order valence-electron chi connectivity index (χ1n) is 6.03. The topological polar surface area (TPSA) is 126 Å². The second kappa shape index (κ2) is 6.46. The van der Waals surface area contributed by atoms with E-state index in [0.717, 1.165) is 5.82 Å². The average molecular weight is 296 g/mol. The average Bonchev–Trinajstić information content (AvgIpc) is 2.97. The summed E-state index contributed by atoms with van der Waals surface area (Å²) in [7, 11) is -3.63. The fraction of sp³-hybridized carbons (Fsp3) is 0.273. The SMILES string of the molecule is NNc1ncccc1S(=O)(=O)NCCCc1ncc[nH]1. The molecular weight excluding hydrogens is 280 g/mol. The van der Waals surface area contributed by atoms with Crippen molar-refractivity contribution in [1.82, 2.24) is 19.7 Å². The minimum atomic E-state index is -3.63. The highest BCUT2D eigenvalue weighted by molar-refractivity contribution is 7.89. The Labute approximate surface area is 116 Å². The number of imidazole rings is 1. The van der Waals surface area contributed by atoms with Crippen molar-refractivity contribution in [2.45, 2.75) is 17.7 Å². The molecule has 0 aromatic carbocycles. The first-order valence-corrected chi connectivity index (χ1v) is 7.51. The molecule has 0 saturated heterocycles. The number of hydrazine groups is 1. The summed E-state index contributed by atoms with van der Waals surface area (Å²) in [6, 6.07) is 2.98. The van der Waals surface area contributed by atoms with Gasteiger partial charge in [-0.15, -0.1) is 0 Å². The predicted molar refractivity (Wildman–Crippen MR) is 74.1 cm³/mol. The van der Waals surface area contributed by atoms with Gasteiger partial charge in [-0.2, -0.15) is 0 Å². The van der Waals surface area contributed by atoms with Crippen molar-refractivity contribution in [3.63, 3.8) is 0 Å². The lowest BCUT2D eigenvalue weighted by molar-refractivity contribution is 0.578. The van der Waals surface area contributed by atoms with Gasteiger partial charge in [-0.3, -0.25) is 0 Å². The predicted octanol–water partition coefficient (Wildman–Crippen LogP) is 0.00140. The molecule has 0 aliphatic rings. The van der Waals surface area contributed by atoms with E-state index in [1.54, 1.807) is 12.4 Å². The van der Waals surface area contributed by atoms with Crippen LogP contribution in [0.25, 0.3) is 0 Å². The van der Waals surface area contributed by atoms with Gasteiger partial charge in [0.25, 0.3) is 0 Å². The zero-order valence-electron chi connectivity index (χ0n) is 10.7. The summed E-state index contributed by atoms with van der Waals surface area (Å²) in [5.74, 6) is 6.19. The van der Waals surface area contributed by atoms with Crippen LogP contribution < -0.4 is 16.0 Å². The van der Waals surface area contributed by atoms with Gasteiger partial charge in [0, 0.05) is 31.6 Å². The van der Waals surface area contributed by atoms with E-state index in [2.05, 4.69) is 25.1 Å². The van der Waals surface area contributed by atoms with E-state index >= 15 is 0 Å². The van der Waals surface area contributed by atoms with E-state index in [-0.39, 0.29) is 10.7 Å². The largest absolute Gasteiger partial charge is 0.349 e. The molecule has 2 aromatic heterocycles. The number of nitrogens with two attached hydrogens (primary N) is 1. The van der Waals surface area contributed by atoms with E-state index in [0.29, 0.717) is 19.4 Å². The van der Waals surface area contributed by atoms with Crippen molar-refractivity contribution >= 4 is 15.8 Å². The van der Waals surface area contributed by atoms with Gasteiger partial charge in [0.2, 0.25) is 10.0 Å². The van der Waals surface area contributed by atoms with Gasteiger partial charge >= 0.3 is 0 Å². The van der Waals surface area contributed by atoms with Crippen molar-refractivity contribution < 1.29 is 8.42 Å². The summed E-state index contributed by atoms with van der Waals surface area (Å²) in [6.45, 7) is 0.307. The molecule has 0 amide bonds. The minimum Gasteiger partial charge on any atom is -0.349 e. The number of hydrogen-bond acceptors (Lipinski definition) is 6. The zero-order valence-corrected chi connectivity index (χ0v) is 11.5. The summed E-state index contributed by atoms with van der Waals surface area (Å²) >= 11 is 0. The summed E-state index contributed by atoms with van der Waals surface area (Å²) in [5, 5.41) is 0. The molecule has 2 rings (SSSR count). The van der Waals surface area contributed by atoms with Crippen LogP contribution in [0.15, 0.2) is 35.6 Å². The van der Waals surface area contributed by atoms with Gasteiger partial charge < -0.3 is 10.4 Å². The third-order valence-electron chi connectivity index (χ3n) is 2.63. The van der Waals surface area contributed by atoms with Crippen LogP contribution in [0.1, 0.15) is 12.2 Å². The Kier molecular flexibility index (Phi) is 4.66. The van der Waals surface area contributed by atoms with Gasteiger partial charge in [0.05, 0.1) is 0 Å². The molecule has 0 aliphatic carbocycles. The highest BCUT2D eigenvalue weighted by atomic mass is 32.2. The van der Waals surface area contributed by atoms with Gasteiger partial charge in [-0.25, -0.2) is 29.0 Å². The number of anilines is 1. The maximum absolute atomic E-state index is 12.1. The second-order valence-corrected chi connectivity index (χ2v) is 5.77. The molecular formula is C11H16N6O2S. The number of nitrogens with one attached hydrogen (secondary N) is 3. The van der Waals surface area contributed by atoms with E-state index in [9.17, 15) is 8.42 Å². The number of sulfonamides is 1. The number of aromatic amines is 1. The Balaban J connectivity index is 1.94. The molecule has 0 fully saturated rings. The summed E-state index contributed by atoms with van der Waals surface area (Å²) in [5.41, 5.74) is 2.27. The van der Waals surface area contributed by atoms with Crippen LogP contribution >= 0.6 is 0 Å². The fourth-order valence-corrected chi connectivity index (χ4v) is 2.88. The molecule has 0 atom stereocenters. The number of nitrogens with zero attached hydrogens (tertiary/aromatic N) is 2. The highest BCUT2D eigenvalue weighted by Gasteiger charge is 2.18. The molecule has 20 heavy (non-hydrogen) atoms. The zero-order chi connectivity index (χ0) is 14.4. The normalized spacial score (nSPS) is 11.4. The molecule has 9 heteroatoms. The molecule has 0 spiro atoms. The van der Waals surface area contributed by atoms with Gasteiger partial charge in [-0.1, -0.05) is 0 Å². The number of aromatic nitrogens is 3. The van der Waals surface area contributed by atoms with Gasteiger partial charge in [0.15, 0.2) is 5.82 Å². The summed E-state index contributed by atoms with van der Waals surface area (Å²) in [4.78, 5) is 10.9. The van der Waals surface area contributed by atoms with Crippen LogP contribution in [0.3, 0.4) is 0 Å². The maximum atomic E-state index is 12.1. The van der Waals surface area contributed by atoms with E-state index in [4.69, 9.17) is 5.84 Å². The molecule has 2 heterocycles. The lowest BCUT2D eigenvalue weighted by atomic mass is 10.3. The van der Waals surface area contributed by atoms with Crippen LogP contribution in [-0.2, 0) is 16.4 Å². The van der Waals surface area contributed by atoms with Gasteiger partial charge in [-0.05, 0) is 18.6 Å². The Hall–Kier alpha value is -1.97. The number of aryl methyl sites for hydroxylation is 1. The van der Waals surface area contributed by atoms with Crippen molar-refractivity contribution in [1.29, 1.82) is 0 Å². The van der Waals surface area contributed by atoms with Crippen LogP contribution in [0, 0.1) is 0 Å². The van der Waals surface area contributed by atoms with Crippen LogP contribution in [0.2, 0.25) is 0 Å². The van der Waals surface area contributed by atoms with Crippen LogP contribution in [0.4, 0.5) is 5.82 Å². The fourth-order valence-electron chi connectivity index (χ4n) is 1.69. The minimum absolute atomic E-state index is 0.0282. The number of rotatable bonds is 7. The maximum Gasteiger partial charge on any atom is 0.244 e. The lowest BCUT2D eigenvalue weighted by Gasteiger charge is -2.09. The monoisotopic (exact) mass is 296 g/mol. The Morgan fingerprint density at radius 1 is 1.30 bits per heavy atom. The molecule has 0 unspecified atom stereocenters. The van der Waals surface area contributed by atoms with Crippen LogP contribution in [0.5, 0.6) is 0 Å². The number of pyridine rings is 1. The standard InChI is InChI=1S/C11H16N6O2S/c12-17-11-9(3-1-5-15-11)20(18,19)16-6-2-4-10-13-7-8-14-10/h1,3,5,7-8,16H,2,4,6,12H2,(H,13,14)(H,15,17). The number of hydrogen-bond donors (Lipinski definition) is 4. The molecule has 2 aromatic rings. The molecule has 0 radical (unpaired) electrons. The number of nitrogen functional groups attached to an aromatic ring is 1. The van der Waals surface area contributed by atoms with Crippen molar-refractivity contribution in [2.75, 3.05) is 12.0 Å². The molecule has 0 saturated carbocycles. The van der Waals surface area contributed by atoms with E-state index < -0.39 is 10.0 Å². The lowest BCUT2D eigenvalue weighted by Crippen LogP contribution is -2.27. The van der Waals surface area contributed by atoms with Crippen molar-refractivity contribution in [3.8, 4) is 0 Å². The van der Waals surface area contributed by atoms with Crippen molar-refractivity contribution in [3.05, 3.63) is 36.5 Å². The van der Waals surface area contributed by atoms with Gasteiger partial charge in [0.1, 0.15) is 10.7 Å². The molecule has 0 aliphatic heterocycles. The molecule has 0 bridgehead atoms. The van der Waals surface area contributed by atoms with Crippen LogP contribution in [-0.4, -0.2) is 29.9 Å². The first kappa shape index (κ1) is 14.4. The molecule has 5 N–H and O–H groups in total.